The van der Waals surface area contributed by atoms with Crippen molar-refractivity contribution < 1.29 is 13.7 Å². The Kier molecular flexibility index (Phi) is 5.80. The predicted molar refractivity (Wildman–Crippen MR) is 101 cm³/mol. The Morgan fingerprint density at radius 1 is 1.11 bits per heavy atom. The van der Waals surface area contributed by atoms with E-state index in [1.807, 2.05) is 43.3 Å². The first-order valence-corrected chi connectivity index (χ1v) is 8.63. The summed E-state index contributed by atoms with van der Waals surface area (Å²) >= 11 is 0. The predicted octanol–water partition coefficient (Wildman–Crippen LogP) is 2.84. The number of hydrogen-bond acceptors (Lipinski definition) is 5. The molecule has 0 aliphatic heterocycles. The smallest absolute Gasteiger partial charge is 0.228 e. The zero-order chi connectivity index (χ0) is 19.2. The van der Waals surface area contributed by atoms with Crippen LogP contribution < -0.4 is 10.2 Å². The van der Waals surface area contributed by atoms with E-state index in [-0.39, 0.29) is 18.1 Å². The molecule has 2 aromatic carbocycles. The maximum atomic E-state index is 12.9. The lowest BCUT2D eigenvalue weighted by Gasteiger charge is -2.11. The Hall–Kier alpha value is -3.22. The fourth-order valence-corrected chi connectivity index (χ4v) is 2.54. The number of rotatable bonds is 7. The van der Waals surface area contributed by atoms with Crippen molar-refractivity contribution in [1.29, 1.82) is 0 Å². The van der Waals surface area contributed by atoms with Crippen LogP contribution in [0.5, 0.6) is 0 Å². The van der Waals surface area contributed by atoms with Gasteiger partial charge in [0.25, 0.3) is 0 Å². The third-order valence-corrected chi connectivity index (χ3v) is 4.05. The largest absolute Gasteiger partial charge is 0.378 e. The van der Waals surface area contributed by atoms with Gasteiger partial charge in [0.15, 0.2) is 0 Å². The number of carbonyl (C=O) groups is 1. The van der Waals surface area contributed by atoms with E-state index in [0.29, 0.717) is 24.7 Å². The highest BCUT2D eigenvalue weighted by molar-refractivity contribution is 5.78. The van der Waals surface area contributed by atoms with Gasteiger partial charge in [-0.15, -0.1) is 0 Å². The molecule has 3 aromatic rings. The Morgan fingerprint density at radius 2 is 1.81 bits per heavy atom. The molecule has 0 aliphatic carbocycles. The molecule has 0 unspecified atom stereocenters. The third kappa shape index (κ3) is 5.13. The highest BCUT2D eigenvalue weighted by Gasteiger charge is 2.10. The van der Waals surface area contributed by atoms with Gasteiger partial charge in [-0.1, -0.05) is 17.3 Å². The van der Waals surface area contributed by atoms with Crippen LogP contribution in [-0.4, -0.2) is 36.7 Å². The molecule has 1 heterocycles. The first-order chi connectivity index (χ1) is 13.0. The van der Waals surface area contributed by atoms with Gasteiger partial charge in [-0.2, -0.15) is 4.98 Å². The highest BCUT2D eigenvalue weighted by Crippen LogP contribution is 2.20. The molecule has 1 aromatic heterocycles. The summed E-state index contributed by atoms with van der Waals surface area (Å²) in [5, 5.41) is 6.78. The van der Waals surface area contributed by atoms with E-state index in [1.54, 1.807) is 12.1 Å². The minimum absolute atomic E-state index is 0.138. The van der Waals surface area contributed by atoms with Gasteiger partial charge < -0.3 is 14.7 Å². The van der Waals surface area contributed by atoms with Crippen molar-refractivity contribution in [3.63, 3.8) is 0 Å². The number of aromatic nitrogens is 2. The van der Waals surface area contributed by atoms with Gasteiger partial charge in [-0.25, -0.2) is 4.39 Å². The summed E-state index contributed by atoms with van der Waals surface area (Å²) in [6.45, 7) is 0.390. The van der Waals surface area contributed by atoms with Crippen molar-refractivity contribution in [2.75, 3.05) is 25.5 Å². The highest BCUT2D eigenvalue weighted by atomic mass is 19.1. The summed E-state index contributed by atoms with van der Waals surface area (Å²) in [5.74, 6) is 0.528. The van der Waals surface area contributed by atoms with Crippen molar-refractivity contribution in [2.24, 2.45) is 0 Å². The molecule has 3 rings (SSSR count). The number of carbonyl (C=O) groups excluding carboxylic acids is 1. The molecule has 140 valence electrons. The normalized spacial score (nSPS) is 10.6. The zero-order valence-electron chi connectivity index (χ0n) is 15.3. The monoisotopic (exact) mass is 368 g/mol. The molecule has 1 amide bonds. The van der Waals surface area contributed by atoms with Gasteiger partial charge in [0.1, 0.15) is 5.82 Å². The van der Waals surface area contributed by atoms with Crippen molar-refractivity contribution in [2.45, 2.75) is 12.8 Å². The van der Waals surface area contributed by atoms with Gasteiger partial charge in [-0.3, -0.25) is 4.79 Å². The number of nitrogens with one attached hydrogen (secondary N) is 1. The average molecular weight is 368 g/mol. The fraction of sp³-hybridized carbons (Fsp3) is 0.250. The molecular weight excluding hydrogens is 347 g/mol. The first kappa shape index (κ1) is 18.6. The minimum atomic E-state index is -0.317. The van der Waals surface area contributed by atoms with Gasteiger partial charge in [0.05, 0.1) is 6.42 Å². The van der Waals surface area contributed by atoms with E-state index in [2.05, 4.69) is 15.5 Å². The van der Waals surface area contributed by atoms with E-state index in [0.717, 1.165) is 16.8 Å². The summed E-state index contributed by atoms with van der Waals surface area (Å²) in [6, 6.07) is 13.7. The van der Waals surface area contributed by atoms with E-state index in [4.69, 9.17) is 4.52 Å². The molecule has 1 N–H and O–H groups in total. The van der Waals surface area contributed by atoms with Gasteiger partial charge in [-0.05, 0) is 42.0 Å². The van der Waals surface area contributed by atoms with E-state index in [1.165, 1.54) is 12.1 Å². The lowest BCUT2D eigenvalue weighted by molar-refractivity contribution is -0.120. The van der Waals surface area contributed by atoms with Crippen LogP contribution in [0, 0.1) is 5.82 Å². The second kappa shape index (κ2) is 8.44. The number of benzene rings is 2. The molecule has 0 radical (unpaired) electrons. The van der Waals surface area contributed by atoms with Gasteiger partial charge >= 0.3 is 0 Å². The summed E-state index contributed by atoms with van der Waals surface area (Å²) < 4.78 is 18.1. The number of anilines is 1. The standard InChI is InChI=1S/C20H21FN4O2/c1-25(2)17-9-5-15(6-10-17)20-23-19(27-24-20)11-12-22-18(26)13-14-3-7-16(21)8-4-14/h3-10H,11-13H2,1-2H3,(H,22,26). The molecule has 7 heteroatoms. The Balaban J connectivity index is 1.49. The van der Waals surface area contributed by atoms with Crippen LogP contribution in [0.25, 0.3) is 11.4 Å². The first-order valence-electron chi connectivity index (χ1n) is 8.63. The second-order valence-corrected chi connectivity index (χ2v) is 6.36. The topological polar surface area (TPSA) is 71.3 Å². The molecule has 0 aliphatic rings. The molecule has 0 fully saturated rings. The van der Waals surface area contributed by atoms with Crippen LogP contribution in [0.4, 0.5) is 10.1 Å². The molecule has 0 spiro atoms. The Morgan fingerprint density at radius 3 is 2.48 bits per heavy atom. The summed E-state index contributed by atoms with van der Waals surface area (Å²) in [4.78, 5) is 18.3. The zero-order valence-corrected chi connectivity index (χ0v) is 15.3. The quantitative estimate of drug-likeness (QED) is 0.694. The lowest BCUT2D eigenvalue weighted by Crippen LogP contribution is -2.27. The van der Waals surface area contributed by atoms with E-state index in [9.17, 15) is 9.18 Å². The van der Waals surface area contributed by atoms with Crippen LogP contribution in [0.1, 0.15) is 11.5 Å². The Bertz CT molecular complexity index is 889. The number of halogens is 1. The SMILES string of the molecule is CN(C)c1ccc(-c2noc(CCNC(=O)Cc3ccc(F)cc3)n2)cc1. The second-order valence-electron chi connectivity index (χ2n) is 6.36. The number of amides is 1. The third-order valence-electron chi connectivity index (χ3n) is 4.05. The van der Waals surface area contributed by atoms with Crippen LogP contribution in [0.15, 0.2) is 53.1 Å². The van der Waals surface area contributed by atoms with Crippen LogP contribution in [0.3, 0.4) is 0 Å². The molecule has 0 saturated heterocycles. The van der Waals surface area contributed by atoms with Crippen molar-refractivity contribution in [3.8, 4) is 11.4 Å². The molecule has 0 atom stereocenters. The lowest BCUT2D eigenvalue weighted by atomic mass is 10.1. The van der Waals surface area contributed by atoms with Crippen LogP contribution in [0.2, 0.25) is 0 Å². The molecule has 6 nitrogen and oxygen atoms in total. The summed E-state index contributed by atoms with van der Waals surface area (Å²) in [7, 11) is 3.96. The van der Waals surface area contributed by atoms with E-state index >= 15 is 0 Å². The fourth-order valence-electron chi connectivity index (χ4n) is 2.54. The molecule has 0 bridgehead atoms. The Labute approximate surface area is 157 Å². The van der Waals surface area contributed by atoms with Crippen molar-refractivity contribution in [3.05, 3.63) is 65.8 Å². The maximum absolute atomic E-state index is 12.9. The molecule has 27 heavy (non-hydrogen) atoms. The number of nitrogens with zero attached hydrogens (tertiary/aromatic N) is 3. The van der Waals surface area contributed by atoms with Crippen LogP contribution >= 0.6 is 0 Å². The van der Waals surface area contributed by atoms with Crippen molar-refractivity contribution >= 4 is 11.6 Å². The molecular formula is C20H21FN4O2. The summed E-state index contributed by atoms with van der Waals surface area (Å²) in [5.41, 5.74) is 2.72. The van der Waals surface area contributed by atoms with Crippen LogP contribution in [-0.2, 0) is 17.6 Å². The summed E-state index contributed by atoms with van der Waals surface area (Å²) in [6.07, 6.45) is 0.644. The van der Waals surface area contributed by atoms with Gasteiger partial charge in [0, 0.05) is 38.3 Å². The minimum Gasteiger partial charge on any atom is -0.378 e. The number of hydrogen-bond donors (Lipinski definition) is 1. The van der Waals surface area contributed by atoms with Gasteiger partial charge in [0.2, 0.25) is 17.6 Å². The molecule has 0 saturated carbocycles. The average Bonchev–Trinajstić information content (AvgIpc) is 3.12. The van der Waals surface area contributed by atoms with Crippen molar-refractivity contribution in [1.82, 2.24) is 15.5 Å². The maximum Gasteiger partial charge on any atom is 0.228 e. The van der Waals surface area contributed by atoms with E-state index < -0.39 is 0 Å².